The van der Waals surface area contributed by atoms with Crippen molar-refractivity contribution in [3.63, 3.8) is 0 Å². The first-order valence-electron chi connectivity index (χ1n) is 5.16. The first-order valence-corrected chi connectivity index (χ1v) is 5.16. The van der Waals surface area contributed by atoms with Crippen molar-refractivity contribution in [2.24, 2.45) is 22.8 Å². The molecule has 3 fully saturated rings. The largest absolute Gasteiger partial charge is 0.215 e. The minimum atomic E-state index is 0.121. The van der Waals surface area contributed by atoms with Crippen LogP contribution in [0.5, 0.6) is 0 Å². The van der Waals surface area contributed by atoms with Gasteiger partial charge in [-0.25, -0.2) is 5.84 Å². The van der Waals surface area contributed by atoms with Crippen LogP contribution in [0.25, 0.3) is 0 Å². The average Bonchev–Trinajstić information content (AvgIpc) is 2.49. The fourth-order valence-corrected chi connectivity index (χ4v) is 3.26. The van der Waals surface area contributed by atoms with Crippen molar-refractivity contribution in [1.82, 2.24) is 10.7 Å². The van der Waals surface area contributed by atoms with Crippen molar-refractivity contribution in [1.29, 1.82) is 0 Å². The lowest BCUT2D eigenvalue weighted by molar-refractivity contribution is 0.0434. The summed E-state index contributed by atoms with van der Waals surface area (Å²) in [5.41, 5.74) is 3.41. The molecule has 2 bridgehead atoms. The number of fused-ring (bicyclic) bond motifs is 2. The van der Waals surface area contributed by atoms with Gasteiger partial charge in [0.2, 0.25) is 0 Å². The van der Waals surface area contributed by atoms with Crippen LogP contribution in [0.2, 0.25) is 0 Å². The molecule has 72 valence electrons. The highest BCUT2D eigenvalue weighted by Crippen LogP contribution is 2.47. The third-order valence-corrected chi connectivity index (χ3v) is 3.94. The standard InChI is InChI=1S/C9H16N4/c10-13-11-6-9(12-13)5-7-1-3-8(9)4-2-7/h6-8,12H,1-5,10H2. The van der Waals surface area contributed by atoms with E-state index < -0.39 is 0 Å². The third kappa shape index (κ3) is 1.02. The lowest BCUT2D eigenvalue weighted by atomic mass is 9.61. The van der Waals surface area contributed by atoms with Gasteiger partial charge in [0.25, 0.3) is 0 Å². The molecule has 1 heterocycles. The van der Waals surface area contributed by atoms with Gasteiger partial charge in [-0.05, 0) is 31.1 Å². The van der Waals surface area contributed by atoms with Gasteiger partial charge in [0.15, 0.2) is 0 Å². The second kappa shape index (κ2) is 2.45. The van der Waals surface area contributed by atoms with Crippen molar-refractivity contribution < 1.29 is 0 Å². The molecule has 3 saturated carbocycles. The highest BCUT2D eigenvalue weighted by molar-refractivity contribution is 5.72. The number of hydrogen-bond acceptors (Lipinski definition) is 4. The van der Waals surface area contributed by atoms with Gasteiger partial charge in [0.1, 0.15) is 0 Å². The Hall–Kier alpha value is -0.610. The molecule has 0 saturated heterocycles. The van der Waals surface area contributed by atoms with Crippen molar-refractivity contribution in [2.75, 3.05) is 0 Å². The van der Waals surface area contributed by atoms with E-state index in [1.54, 1.807) is 0 Å². The van der Waals surface area contributed by atoms with Gasteiger partial charge >= 0.3 is 0 Å². The number of hydrazone groups is 1. The van der Waals surface area contributed by atoms with Gasteiger partial charge < -0.3 is 0 Å². The van der Waals surface area contributed by atoms with Crippen LogP contribution >= 0.6 is 0 Å². The van der Waals surface area contributed by atoms with Crippen molar-refractivity contribution in [2.45, 2.75) is 37.6 Å². The van der Waals surface area contributed by atoms with E-state index in [0.29, 0.717) is 0 Å². The maximum Gasteiger partial charge on any atom is 0.0803 e. The van der Waals surface area contributed by atoms with E-state index in [2.05, 4.69) is 10.5 Å². The van der Waals surface area contributed by atoms with E-state index in [-0.39, 0.29) is 5.54 Å². The molecule has 1 aliphatic heterocycles. The van der Waals surface area contributed by atoms with E-state index >= 15 is 0 Å². The number of rotatable bonds is 0. The molecule has 0 amide bonds. The number of hydrazine groups is 2. The maximum absolute atomic E-state index is 5.60. The van der Waals surface area contributed by atoms with Gasteiger partial charge in [-0.2, -0.15) is 15.8 Å². The zero-order chi connectivity index (χ0) is 8.89. The highest BCUT2D eigenvalue weighted by atomic mass is 15.9. The Kier molecular flexibility index (Phi) is 1.46. The lowest BCUT2D eigenvalue weighted by Crippen LogP contribution is -2.59. The molecule has 0 aromatic rings. The molecule has 4 heteroatoms. The van der Waals surface area contributed by atoms with Crippen LogP contribution in [-0.4, -0.2) is 17.0 Å². The van der Waals surface area contributed by atoms with E-state index in [9.17, 15) is 0 Å². The quantitative estimate of drug-likeness (QED) is 0.537. The molecule has 4 aliphatic rings. The third-order valence-electron chi connectivity index (χ3n) is 3.94. The number of nitrogens with zero attached hydrogens (tertiary/aromatic N) is 2. The van der Waals surface area contributed by atoms with Crippen LogP contribution in [-0.2, 0) is 0 Å². The molecule has 1 atom stereocenters. The molecule has 0 aromatic heterocycles. The second-order valence-electron chi connectivity index (χ2n) is 4.66. The summed E-state index contributed by atoms with van der Waals surface area (Å²) >= 11 is 0. The van der Waals surface area contributed by atoms with Gasteiger partial charge in [-0.3, -0.25) is 0 Å². The molecule has 3 N–H and O–H groups in total. The molecular formula is C9H16N4. The molecule has 4 rings (SSSR count). The molecule has 4 nitrogen and oxygen atoms in total. The van der Waals surface area contributed by atoms with E-state index in [0.717, 1.165) is 11.8 Å². The predicted octanol–water partition coefficient (Wildman–Crippen LogP) is 0.615. The zero-order valence-electron chi connectivity index (χ0n) is 7.74. The van der Waals surface area contributed by atoms with Crippen LogP contribution in [0.1, 0.15) is 32.1 Å². The normalized spacial score (nSPS) is 47.9. The molecule has 13 heavy (non-hydrogen) atoms. The minimum Gasteiger partial charge on any atom is -0.215 e. The summed E-state index contributed by atoms with van der Waals surface area (Å²) in [6.45, 7) is 0. The summed E-state index contributed by atoms with van der Waals surface area (Å²) < 4.78 is 0. The summed E-state index contributed by atoms with van der Waals surface area (Å²) in [6, 6.07) is 0. The highest BCUT2D eigenvalue weighted by Gasteiger charge is 2.49. The van der Waals surface area contributed by atoms with Crippen molar-refractivity contribution in [3.05, 3.63) is 0 Å². The van der Waals surface area contributed by atoms with Crippen molar-refractivity contribution in [3.8, 4) is 0 Å². The summed E-state index contributed by atoms with van der Waals surface area (Å²) in [6.07, 6.45) is 8.77. The summed E-state index contributed by atoms with van der Waals surface area (Å²) in [7, 11) is 0. The Morgan fingerprint density at radius 3 is 2.62 bits per heavy atom. The molecule has 1 spiro atoms. The van der Waals surface area contributed by atoms with Crippen LogP contribution in [0, 0.1) is 11.8 Å². The molecular weight excluding hydrogens is 164 g/mol. The molecule has 1 unspecified atom stereocenters. The Labute approximate surface area is 78.1 Å². The fourth-order valence-electron chi connectivity index (χ4n) is 3.26. The van der Waals surface area contributed by atoms with Gasteiger partial charge in [-0.15, -0.1) is 0 Å². The Balaban J connectivity index is 1.88. The van der Waals surface area contributed by atoms with Gasteiger partial charge in [-0.1, -0.05) is 12.8 Å². The minimum absolute atomic E-state index is 0.121. The monoisotopic (exact) mass is 180 g/mol. The topological polar surface area (TPSA) is 53.6 Å². The first-order chi connectivity index (χ1) is 6.28. The number of nitrogens with two attached hydrogens (primary N) is 1. The molecule has 0 radical (unpaired) electrons. The molecule has 0 aromatic carbocycles. The average molecular weight is 180 g/mol. The van der Waals surface area contributed by atoms with Gasteiger partial charge in [0, 0.05) is 6.21 Å². The Bertz CT molecular complexity index is 244. The first kappa shape index (κ1) is 7.76. The predicted molar refractivity (Wildman–Crippen MR) is 50.5 cm³/mol. The summed E-state index contributed by atoms with van der Waals surface area (Å²) in [5, 5.41) is 5.48. The number of nitrogens with one attached hydrogen (secondary N) is 1. The van der Waals surface area contributed by atoms with E-state index in [1.807, 2.05) is 6.21 Å². The summed E-state index contributed by atoms with van der Waals surface area (Å²) in [5.74, 6) is 7.25. The second-order valence-corrected chi connectivity index (χ2v) is 4.66. The van der Waals surface area contributed by atoms with E-state index in [4.69, 9.17) is 5.84 Å². The van der Waals surface area contributed by atoms with Crippen molar-refractivity contribution >= 4 is 6.21 Å². The van der Waals surface area contributed by atoms with Crippen LogP contribution in [0.15, 0.2) is 5.10 Å². The SMILES string of the molecule is NN1N=CC2(CC3CCC2CC3)N1. The Morgan fingerprint density at radius 1 is 1.38 bits per heavy atom. The van der Waals surface area contributed by atoms with Crippen LogP contribution < -0.4 is 11.3 Å². The number of hydrogen-bond donors (Lipinski definition) is 2. The Morgan fingerprint density at radius 2 is 2.15 bits per heavy atom. The van der Waals surface area contributed by atoms with Gasteiger partial charge in [0.05, 0.1) is 5.54 Å². The fraction of sp³-hybridized carbons (Fsp3) is 0.889. The summed E-state index contributed by atoms with van der Waals surface area (Å²) in [4.78, 5) is 0. The van der Waals surface area contributed by atoms with Crippen LogP contribution in [0.3, 0.4) is 0 Å². The lowest BCUT2D eigenvalue weighted by Gasteiger charge is -2.48. The molecule has 3 aliphatic carbocycles. The smallest absolute Gasteiger partial charge is 0.0803 e. The zero-order valence-corrected chi connectivity index (χ0v) is 7.74. The van der Waals surface area contributed by atoms with Crippen LogP contribution in [0.4, 0.5) is 0 Å². The van der Waals surface area contributed by atoms with E-state index in [1.165, 1.54) is 37.3 Å². The maximum atomic E-state index is 5.60.